The van der Waals surface area contributed by atoms with Crippen molar-refractivity contribution in [3.05, 3.63) is 82.6 Å². The predicted molar refractivity (Wildman–Crippen MR) is 111 cm³/mol. The smallest absolute Gasteiger partial charge is 0.263 e. The maximum Gasteiger partial charge on any atom is 0.263 e. The fourth-order valence-corrected chi connectivity index (χ4v) is 5.29. The summed E-state index contributed by atoms with van der Waals surface area (Å²) >= 11 is 11.9. The average molecular weight is 475 g/mol. The van der Waals surface area contributed by atoms with Crippen LogP contribution in [0, 0.1) is 5.82 Å². The molecule has 0 aliphatic rings. The van der Waals surface area contributed by atoms with Crippen LogP contribution < -0.4 is 9.44 Å². The van der Waals surface area contributed by atoms with Crippen LogP contribution in [0.4, 0.5) is 15.8 Å². The molecule has 152 valence electrons. The zero-order valence-electron chi connectivity index (χ0n) is 14.4. The maximum atomic E-state index is 13.1. The number of para-hydroxylation sites is 2. The Morgan fingerprint density at radius 2 is 1.24 bits per heavy atom. The summed E-state index contributed by atoms with van der Waals surface area (Å²) in [5, 5.41) is -0.106. The molecule has 11 heteroatoms. The van der Waals surface area contributed by atoms with Gasteiger partial charge in [0.15, 0.2) is 0 Å². The molecule has 0 bridgehead atoms. The normalized spacial score (nSPS) is 11.8. The van der Waals surface area contributed by atoms with Crippen molar-refractivity contribution in [1.29, 1.82) is 0 Å². The molecule has 0 heterocycles. The van der Waals surface area contributed by atoms with Crippen molar-refractivity contribution in [1.82, 2.24) is 0 Å². The highest BCUT2D eigenvalue weighted by Crippen LogP contribution is 2.32. The molecule has 0 aromatic heterocycles. The number of anilines is 2. The SMILES string of the molecule is O=S(=O)(Nc1ccccc1NS(=O)(=O)c1cccc(Cl)c1Cl)c1ccc(F)cc1. The van der Waals surface area contributed by atoms with Gasteiger partial charge in [0.1, 0.15) is 10.7 Å². The number of nitrogens with one attached hydrogen (secondary N) is 2. The van der Waals surface area contributed by atoms with Gasteiger partial charge in [0.25, 0.3) is 20.0 Å². The standard InChI is InChI=1S/C18H13Cl2FN2O4S2/c19-14-4-3-7-17(18(14)20)29(26,27)23-16-6-2-1-5-15(16)22-28(24,25)13-10-8-12(21)9-11-13/h1-11,22-23H. The molecule has 0 aliphatic carbocycles. The average Bonchev–Trinajstić information content (AvgIpc) is 2.65. The molecule has 0 amide bonds. The van der Waals surface area contributed by atoms with Crippen molar-refractivity contribution in [2.75, 3.05) is 9.44 Å². The van der Waals surface area contributed by atoms with Gasteiger partial charge in [-0.05, 0) is 48.5 Å². The minimum absolute atomic E-state index is 0.0291. The largest absolute Gasteiger partial charge is 0.277 e. The fraction of sp³-hybridized carbons (Fsp3) is 0. The van der Waals surface area contributed by atoms with Gasteiger partial charge in [-0.3, -0.25) is 9.44 Å². The van der Waals surface area contributed by atoms with Crippen molar-refractivity contribution >= 4 is 54.6 Å². The van der Waals surface area contributed by atoms with Crippen molar-refractivity contribution < 1.29 is 21.2 Å². The second kappa shape index (κ2) is 8.19. The van der Waals surface area contributed by atoms with E-state index >= 15 is 0 Å². The van der Waals surface area contributed by atoms with Gasteiger partial charge in [0, 0.05) is 0 Å². The molecule has 29 heavy (non-hydrogen) atoms. The quantitative estimate of drug-likeness (QED) is 0.539. The third kappa shape index (κ3) is 4.81. The summed E-state index contributed by atoms with van der Waals surface area (Å²) in [6, 6.07) is 14.1. The Hall–Kier alpha value is -2.33. The minimum atomic E-state index is -4.17. The molecule has 0 saturated heterocycles. The molecule has 0 radical (unpaired) electrons. The van der Waals surface area contributed by atoms with E-state index in [0.717, 1.165) is 24.3 Å². The molecule has 0 atom stereocenters. The molecule has 3 aromatic carbocycles. The Bertz CT molecular complexity index is 1270. The van der Waals surface area contributed by atoms with E-state index in [4.69, 9.17) is 23.2 Å². The zero-order chi connectivity index (χ0) is 21.2. The molecule has 0 unspecified atom stereocenters. The van der Waals surface area contributed by atoms with Crippen molar-refractivity contribution in [3.63, 3.8) is 0 Å². The van der Waals surface area contributed by atoms with Crippen molar-refractivity contribution in [2.45, 2.75) is 9.79 Å². The van der Waals surface area contributed by atoms with Crippen LogP contribution in [0.3, 0.4) is 0 Å². The zero-order valence-corrected chi connectivity index (χ0v) is 17.6. The fourth-order valence-electron chi connectivity index (χ4n) is 2.37. The van der Waals surface area contributed by atoms with Gasteiger partial charge in [0.05, 0.1) is 26.3 Å². The van der Waals surface area contributed by atoms with Gasteiger partial charge in [0.2, 0.25) is 0 Å². The molecule has 2 N–H and O–H groups in total. The number of halogens is 3. The number of benzene rings is 3. The highest BCUT2D eigenvalue weighted by Gasteiger charge is 2.22. The lowest BCUT2D eigenvalue weighted by molar-refractivity contribution is 0.598. The molecular formula is C18H13Cl2FN2O4S2. The van der Waals surface area contributed by atoms with Gasteiger partial charge in [-0.25, -0.2) is 21.2 Å². The van der Waals surface area contributed by atoms with E-state index in [1.54, 1.807) is 0 Å². The monoisotopic (exact) mass is 474 g/mol. The van der Waals surface area contributed by atoms with Crippen LogP contribution in [0.5, 0.6) is 0 Å². The lowest BCUT2D eigenvalue weighted by atomic mass is 10.3. The highest BCUT2D eigenvalue weighted by molar-refractivity contribution is 7.93. The van der Waals surface area contributed by atoms with Crippen LogP contribution in [0.15, 0.2) is 76.5 Å². The van der Waals surface area contributed by atoms with Crippen LogP contribution >= 0.6 is 23.2 Å². The van der Waals surface area contributed by atoms with Gasteiger partial charge < -0.3 is 0 Å². The Morgan fingerprint density at radius 3 is 1.83 bits per heavy atom. The van der Waals surface area contributed by atoms with E-state index in [-0.39, 0.29) is 31.2 Å². The van der Waals surface area contributed by atoms with Gasteiger partial charge >= 0.3 is 0 Å². The number of sulfonamides is 2. The molecular weight excluding hydrogens is 462 g/mol. The Balaban J connectivity index is 1.95. The second-order valence-electron chi connectivity index (χ2n) is 5.76. The van der Waals surface area contributed by atoms with Crippen LogP contribution in [0.1, 0.15) is 0 Å². The highest BCUT2D eigenvalue weighted by atomic mass is 35.5. The lowest BCUT2D eigenvalue weighted by Crippen LogP contribution is -2.18. The molecule has 0 spiro atoms. The van der Waals surface area contributed by atoms with E-state index in [2.05, 4.69) is 9.44 Å². The Morgan fingerprint density at radius 1 is 0.690 bits per heavy atom. The number of rotatable bonds is 6. The Labute approximate surface area is 177 Å². The molecule has 3 aromatic rings. The first-order valence-corrected chi connectivity index (χ1v) is 11.7. The molecule has 0 saturated carbocycles. The van der Waals surface area contributed by atoms with Crippen LogP contribution in [-0.2, 0) is 20.0 Å². The van der Waals surface area contributed by atoms with E-state index in [1.165, 1.54) is 42.5 Å². The maximum absolute atomic E-state index is 13.1. The molecule has 0 aliphatic heterocycles. The van der Waals surface area contributed by atoms with E-state index < -0.39 is 25.9 Å². The first-order valence-electron chi connectivity index (χ1n) is 7.94. The summed E-state index contributed by atoms with van der Waals surface area (Å²) in [6.07, 6.45) is 0. The van der Waals surface area contributed by atoms with Gasteiger partial charge in [-0.2, -0.15) is 0 Å². The van der Waals surface area contributed by atoms with E-state index in [1.807, 2.05) is 0 Å². The Kier molecular flexibility index (Phi) is 6.04. The number of hydrogen-bond donors (Lipinski definition) is 2. The van der Waals surface area contributed by atoms with Crippen molar-refractivity contribution in [3.8, 4) is 0 Å². The first-order chi connectivity index (χ1) is 13.6. The van der Waals surface area contributed by atoms with Gasteiger partial charge in [-0.1, -0.05) is 41.4 Å². The molecule has 6 nitrogen and oxygen atoms in total. The third-order valence-electron chi connectivity index (χ3n) is 3.75. The van der Waals surface area contributed by atoms with E-state index in [0.29, 0.717) is 0 Å². The molecule has 0 fully saturated rings. The summed E-state index contributed by atoms with van der Waals surface area (Å²) < 4.78 is 68.2. The topological polar surface area (TPSA) is 92.3 Å². The summed E-state index contributed by atoms with van der Waals surface area (Å²) in [7, 11) is -8.25. The summed E-state index contributed by atoms with van der Waals surface area (Å²) in [4.78, 5) is -0.447. The van der Waals surface area contributed by atoms with E-state index in [9.17, 15) is 21.2 Å². The predicted octanol–water partition coefficient (Wildman–Crippen LogP) is 4.73. The van der Waals surface area contributed by atoms with Crippen LogP contribution in [-0.4, -0.2) is 16.8 Å². The van der Waals surface area contributed by atoms with Gasteiger partial charge in [-0.15, -0.1) is 0 Å². The van der Waals surface area contributed by atoms with Crippen LogP contribution in [0.25, 0.3) is 0 Å². The second-order valence-corrected chi connectivity index (χ2v) is 9.88. The first kappa shape index (κ1) is 21.4. The summed E-state index contributed by atoms with van der Waals surface area (Å²) in [5.41, 5.74) is -0.0622. The van der Waals surface area contributed by atoms with Crippen LogP contribution in [0.2, 0.25) is 10.0 Å². The third-order valence-corrected chi connectivity index (χ3v) is 7.47. The summed E-state index contributed by atoms with van der Waals surface area (Å²) in [6.45, 7) is 0. The summed E-state index contributed by atoms with van der Waals surface area (Å²) in [5.74, 6) is -0.587. The number of hydrogen-bond acceptors (Lipinski definition) is 4. The van der Waals surface area contributed by atoms with Crippen molar-refractivity contribution in [2.24, 2.45) is 0 Å². The minimum Gasteiger partial charge on any atom is -0.277 e. The molecule has 3 rings (SSSR count). The lowest BCUT2D eigenvalue weighted by Gasteiger charge is -2.15.